The minimum Gasteiger partial charge on any atom is -0.348 e. The number of carbonyl (C=O) groups excluding carboxylic acids is 2. The van der Waals surface area contributed by atoms with Gasteiger partial charge in [0.05, 0.1) is 12.4 Å². The summed E-state index contributed by atoms with van der Waals surface area (Å²) in [6, 6.07) is 6.92. The molecule has 0 aliphatic carbocycles. The number of thioether (sulfide) groups is 1. The van der Waals surface area contributed by atoms with E-state index in [9.17, 15) is 9.59 Å². The third kappa shape index (κ3) is 2.09. The van der Waals surface area contributed by atoms with E-state index in [2.05, 4.69) is 15.3 Å². The van der Waals surface area contributed by atoms with Crippen molar-refractivity contribution in [2.24, 2.45) is 0 Å². The van der Waals surface area contributed by atoms with Crippen LogP contribution in [0.15, 0.2) is 41.7 Å². The number of imide groups is 1. The maximum Gasteiger partial charge on any atom is 0.325 e. The molecule has 0 bridgehead atoms. The van der Waals surface area contributed by atoms with Crippen molar-refractivity contribution in [2.75, 3.05) is 5.75 Å². The summed E-state index contributed by atoms with van der Waals surface area (Å²) in [6.45, 7) is 0. The monoisotopic (exact) mass is 314 g/mol. The van der Waals surface area contributed by atoms with E-state index in [4.69, 9.17) is 0 Å². The van der Waals surface area contributed by atoms with Gasteiger partial charge in [0.25, 0.3) is 5.91 Å². The van der Waals surface area contributed by atoms with Gasteiger partial charge < -0.3 is 10.3 Å². The van der Waals surface area contributed by atoms with Crippen molar-refractivity contribution in [3.63, 3.8) is 0 Å². The molecule has 4 rings (SSSR count). The normalized spacial score (nSPS) is 23.7. The molecule has 2 aliphatic rings. The van der Waals surface area contributed by atoms with Crippen LogP contribution in [-0.2, 0) is 11.2 Å². The summed E-state index contributed by atoms with van der Waals surface area (Å²) in [5.41, 5.74) is 1.89. The molecule has 112 valence electrons. The Labute approximate surface area is 131 Å². The molecule has 6 nitrogen and oxygen atoms in total. The Morgan fingerprint density at radius 1 is 1.32 bits per heavy atom. The Kier molecular flexibility index (Phi) is 3.15. The highest BCUT2D eigenvalue weighted by Crippen LogP contribution is 2.42. The summed E-state index contributed by atoms with van der Waals surface area (Å²) in [5, 5.41) is 2.78. The highest BCUT2D eigenvalue weighted by atomic mass is 32.2. The number of nitrogens with one attached hydrogen (secondary N) is 2. The van der Waals surface area contributed by atoms with Crippen molar-refractivity contribution in [1.82, 2.24) is 20.2 Å². The van der Waals surface area contributed by atoms with Gasteiger partial charge in [0.2, 0.25) is 0 Å². The number of aromatic amines is 1. The second-order valence-electron chi connectivity index (χ2n) is 5.36. The third-order valence-corrected chi connectivity index (χ3v) is 5.18. The molecule has 1 unspecified atom stereocenters. The highest BCUT2D eigenvalue weighted by Gasteiger charge is 2.44. The molecule has 0 spiro atoms. The van der Waals surface area contributed by atoms with E-state index in [-0.39, 0.29) is 18.0 Å². The first-order chi connectivity index (χ1) is 10.7. The molecule has 2 aliphatic heterocycles. The lowest BCUT2D eigenvalue weighted by Gasteiger charge is -2.21. The lowest BCUT2D eigenvalue weighted by molar-refractivity contribution is -0.128. The van der Waals surface area contributed by atoms with Crippen LogP contribution in [0.5, 0.6) is 0 Å². The van der Waals surface area contributed by atoms with Crippen LogP contribution in [0.4, 0.5) is 4.79 Å². The summed E-state index contributed by atoms with van der Waals surface area (Å²) < 4.78 is 0. The first-order valence-electron chi connectivity index (χ1n) is 7.06. The number of fused-ring (bicyclic) bond motifs is 1. The Hall–Kier alpha value is -2.28. The Bertz CT molecular complexity index is 731. The van der Waals surface area contributed by atoms with Crippen LogP contribution in [0.3, 0.4) is 0 Å². The van der Waals surface area contributed by atoms with Gasteiger partial charge in [-0.1, -0.05) is 18.2 Å². The quantitative estimate of drug-likeness (QED) is 0.846. The fourth-order valence-electron chi connectivity index (χ4n) is 2.96. The number of rotatable bonds is 3. The smallest absolute Gasteiger partial charge is 0.325 e. The van der Waals surface area contributed by atoms with E-state index in [0.717, 1.165) is 21.9 Å². The van der Waals surface area contributed by atoms with E-state index in [1.807, 2.05) is 24.3 Å². The van der Waals surface area contributed by atoms with Gasteiger partial charge in [0.1, 0.15) is 6.04 Å². The van der Waals surface area contributed by atoms with Gasteiger partial charge in [-0.25, -0.2) is 9.78 Å². The van der Waals surface area contributed by atoms with Crippen LogP contribution in [0.2, 0.25) is 0 Å². The molecule has 1 fully saturated rings. The lowest BCUT2D eigenvalue weighted by Crippen LogP contribution is -2.36. The number of aromatic nitrogens is 2. The van der Waals surface area contributed by atoms with Crippen molar-refractivity contribution in [2.45, 2.75) is 23.4 Å². The van der Waals surface area contributed by atoms with Crippen molar-refractivity contribution in [1.29, 1.82) is 0 Å². The average Bonchev–Trinajstić information content (AvgIpc) is 3.21. The Balaban J connectivity index is 1.58. The molecule has 7 heteroatoms. The molecule has 1 saturated heterocycles. The molecule has 2 N–H and O–H groups in total. The Morgan fingerprint density at radius 3 is 3.00 bits per heavy atom. The molecule has 3 amide bonds. The summed E-state index contributed by atoms with van der Waals surface area (Å²) in [7, 11) is 0. The van der Waals surface area contributed by atoms with Gasteiger partial charge in [-0.2, -0.15) is 0 Å². The van der Waals surface area contributed by atoms with E-state index in [0.29, 0.717) is 6.42 Å². The molecule has 2 atom stereocenters. The van der Waals surface area contributed by atoms with Gasteiger partial charge in [0, 0.05) is 29.0 Å². The van der Waals surface area contributed by atoms with Crippen LogP contribution >= 0.6 is 11.8 Å². The minimum absolute atomic E-state index is 0.165. The number of carbonyl (C=O) groups is 2. The first-order valence-corrected chi connectivity index (χ1v) is 8.05. The molecular weight excluding hydrogens is 300 g/mol. The third-order valence-electron chi connectivity index (χ3n) is 4.02. The van der Waals surface area contributed by atoms with E-state index in [1.165, 1.54) is 4.90 Å². The van der Waals surface area contributed by atoms with Crippen molar-refractivity contribution in [3.05, 3.63) is 48.0 Å². The van der Waals surface area contributed by atoms with Gasteiger partial charge in [-0.3, -0.25) is 9.69 Å². The van der Waals surface area contributed by atoms with E-state index >= 15 is 0 Å². The highest BCUT2D eigenvalue weighted by molar-refractivity contribution is 7.99. The van der Waals surface area contributed by atoms with Gasteiger partial charge >= 0.3 is 6.03 Å². The number of amides is 3. The SMILES string of the molecule is O=C1N[C@@H](Cc2cnc[nH]2)C(=O)N1C1CSc2ccccc21. The fraction of sp³-hybridized carbons (Fsp3) is 0.267. The van der Waals surface area contributed by atoms with Crippen LogP contribution in [0.1, 0.15) is 17.3 Å². The summed E-state index contributed by atoms with van der Waals surface area (Å²) in [5.74, 6) is 0.553. The second-order valence-corrected chi connectivity index (χ2v) is 6.42. The lowest BCUT2D eigenvalue weighted by atomic mass is 10.1. The predicted molar refractivity (Wildman–Crippen MR) is 81.4 cm³/mol. The number of H-pyrrole nitrogens is 1. The summed E-state index contributed by atoms with van der Waals surface area (Å²) in [6.07, 6.45) is 3.67. The zero-order valence-electron chi connectivity index (χ0n) is 11.7. The van der Waals surface area contributed by atoms with E-state index < -0.39 is 6.04 Å². The molecule has 2 aromatic rings. The van der Waals surface area contributed by atoms with Crippen LogP contribution in [0, 0.1) is 0 Å². The largest absolute Gasteiger partial charge is 0.348 e. The average molecular weight is 314 g/mol. The summed E-state index contributed by atoms with van der Waals surface area (Å²) >= 11 is 1.68. The number of urea groups is 1. The minimum atomic E-state index is -0.522. The van der Waals surface area contributed by atoms with Crippen LogP contribution in [0.25, 0.3) is 0 Å². The van der Waals surface area contributed by atoms with Crippen molar-refractivity contribution in [3.8, 4) is 0 Å². The van der Waals surface area contributed by atoms with Crippen molar-refractivity contribution < 1.29 is 9.59 Å². The number of nitrogens with zero attached hydrogens (tertiary/aromatic N) is 2. The maximum absolute atomic E-state index is 12.6. The Morgan fingerprint density at radius 2 is 2.18 bits per heavy atom. The topological polar surface area (TPSA) is 78.1 Å². The standard InChI is InChI=1S/C15H14N4O2S/c20-14-11(5-9-6-16-8-17-9)18-15(21)19(14)12-7-22-13-4-2-1-3-10(12)13/h1-4,6,8,11-12H,5,7H2,(H,16,17)(H,18,21)/t11-,12?/m0/s1. The predicted octanol–water partition coefficient (Wildman–Crippen LogP) is 1.72. The molecule has 3 heterocycles. The zero-order valence-corrected chi connectivity index (χ0v) is 12.5. The number of benzene rings is 1. The molecule has 0 saturated carbocycles. The van der Waals surface area contributed by atoms with Crippen molar-refractivity contribution >= 4 is 23.7 Å². The fourth-order valence-corrected chi connectivity index (χ4v) is 4.17. The van der Waals surface area contributed by atoms with Gasteiger partial charge in [-0.05, 0) is 11.6 Å². The maximum atomic E-state index is 12.6. The van der Waals surface area contributed by atoms with Crippen LogP contribution < -0.4 is 5.32 Å². The molecule has 1 aromatic carbocycles. The molecular formula is C15H14N4O2S. The van der Waals surface area contributed by atoms with Gasteiger partial charge in [-0.15, -0.1) is 11.8 Å². The first kappa shape index (κ1) is 13.4. The molecule has 1 aromatic heterocycles. The van der Waals surface area contributed by atoms with Gasteiger partial charge in [0.15, 0.2) is 0 Å². The number of hydrogen-bond acceptors (Lipinski definition) is 4. The van der Waals surface area contributed by atoms with E-state index in [1.54, 1.807) is 24.3 Å². The number of imidazole rings is 1. The molecule has 0 radical (unpaired) electrons. The summed E-state index contributed by atoms with van der Waals surface area (Å²) in [4.78, 5) is 34.3. The zero-order chi connectivity index (χ0) is 15.1. The number of hydrogen-bond donors (Lipinski definition) is 2. The second kappa shape index (κ2) is 5.17. The van der Waals surface area contributed by atoms with Crippen LogP contribution in [-0.4, -0.2) is 38.6 Å². The molecule has 22 heavy (non-hydrogen) atoms.